The molecule has 2 aromatic rings. The van der Waals surface area contributed by atoms with Crippen LogP contribution >= 0.6 is 0 Å². The van der Waals surface area contributed by atoms with Crippen LogP contribution in [0.5, 0.6) is 0 Å². The molecule has 126 valence electrons. The number of halogens is 4. The van der Waals surface area contributed by atoms with Crippen LogP contribution in [0.2, 0.25) is 0 Å². The molecule has 5 nitrogen and oxygen atoms in total. The third-order valence-corrected chi connectivity index (χ3v) is 2.94. The van der Waals surface area contributed by atoms with Crippen molar-refractivity contribution in [1.29, 1.82) is 0 Å². The molecule has 0 spiro atoms. The van der Waals surface area contributed by atoms with Crippen LogP contribution in [-0.4, -0.2) is 16.8 Å². The Labute approximate surface area is 133 Å². The molecule has 0 aliphatic heterocycles. The SMILES string of the molecule is O=C(NCc1ccncc1)C(=O)Nc1ccc(F)c(C(F)(F)F)c1. The minimum absolute atomic E-state index is 0.0476. The number of pyridine rings is 1. The van der Waals surface area contributed by atoms with Gasteiger partial charge in [-0.05, 0) is 35.9 Å². The molecule has 24 heavy (non-hydrogen) atoms. The monoisotopic (exact) mass is 341 g/mol. The van der Waals surface area contributed by atoms with E-state index in [1.807, 2.05) is 5.32 Å². The first-order valence-corrected chi connectivity index (χ1v) is 6.62. The molecule has 1 aromatic carbocycles. The zero-order valence-electron chi connectivity index (χ0n) is 12.0. The van der Waals surface area contributed by atoms with E-state index in [1.165, 1.54) is 12.4 Å². The standard InChI is InChI=1S/C15H11F4N3O2/c16-12-2-1-10(7-11(12)15(17,18)19)22-14(24)13(23)21-8-9-3-5-20-6-4-9/h1-7H,8H2,(H,21,23)(H,22,24). The molecule has 0 aliphatic carbocycles. The molecule has 2 N–H and O–H groups in total. The number of amides is 2. The summed E-state index contributed by atoms with van der Waals surface area (Å²) in [6, 6.07) is 5.15. The molecule has 0 fully saturated rings. The van der Waals surface area contributed by atoms with Crippen molar-refractivity contribution in [2.45, 2.75) is 12.7 Å². The topological polar surface area (TPSA) is 71.1 Å². The second-order valence-electron chi connectivity index (χ2n) is 4.68. The Balaban J connectivity index is 2.00. The smallest absolute Gasteiger partial charge is 0.344 e. The largest absolute Gasteiger partial charge is 0.419 e. The van der Waals surface area contributed by atoms with Gasteiger partial charge >= 0.3 is 18.0 Å². The summed E-state index contributed by atoms with van der Waals surface area (Å²) >= 11 is 0. The van der Waals surface area contributed by atoms with Gasteiger partial charge in [0.05, 0.1) is 5.56 Å². The Kier molecular flexibility index (Phi) is 5.12. The molecule has 0 aliphatic rings. The van der Waals surface area contributed by atoms with Crippen molar-refractivity contribution in [2.24, 2.45) is 0 Å². The zero-order valence-corrected chi connectivity index (χ0v) is 12.0. The minimum Gasteiger partial charge on any atom is -0.344 e. The molecule has 2 amide bonds. The molecule has 0 atom stereocenters. The predicted octanol–water partition coefficient (Wildman–Crippen LogP) is 2.49. The van der Waals surface area contributed by atoms with Crippen LogP contribution < -0.4 is 10.6 Å². The van der Waals surface area contributed by atoms with E-state index >= 15 is 0 Å². The molecule has 0 saturated heterocycles. The zero-order chi connectivity index (χ0) is 17.7. The third kappa shape index (κ3) is 4.51. The van der Waals surface area contributed by atoms with Crippen molar-refractivity contribution in [2.75, 3.05) is 5.32 Å². The van der Waals surface area contributed by atoms with Crippen LogP contribution in [0.1, 0.15) is 11.1 Å². The number of hydrogen-bond donors (Lipinski definition) is 2. The summed E-state index contributed by atoms with van der Waals surface area (Å²) in [5.74, 6) is -3.67. The maximum absolute atomic E-state index is 13.2. The highest BCUT2D eigenvalue weighted by Crippen LogP contribution is 2.32. The number of carbonyl (C=O) groups excluding carboxylic acids is 2. The summed E-state index contributed by atoms with van der Waals surface area (Å²) in [4.78, 5) is 27.1. The molecule has 9 heteroatoms. The van der Waals surface area contributed by atoms with Crippen LogP contribution in [0.3, 0.4) is 0 Å². The second kappa shape index (κ2) is 7.07. The number of anilines is 1. The van der Waals surface area contributed by atoms with Gasteiger partial charge < -0.3 is 10.6 Å². The molecule has 2 rings (SSSR count). The number of benzene rings is 1. The van der Waals surface area contributed by atoms with Gasteiger partial charge in [0.2, 0.25) is 0 Å². The van der Waals surface area contributed by atoms with E-state index in [9.17, 15) is 27.2 Å². The lowest BCUT2D eigenvalue weighted by atomic mass is 10.2. The lowest BCUT2D eigenvalue weighted by Crippen LogP contribution is -2.35. The third-order valence-electron chi connectivity index (χ3n) is 2.94. The first-order chi connectivity index (χ1) is 11.3. The number of carbonyl (C=O) groups is 2. The highest BCUT2D eigenvalue weighted by Gasteiger charge is 2.34. The van der Waals surface area contributed by atoms with Gasteiger partial charge in [-0.1, -0.05) is 0 Å². The Morgan fingerprint density at radius 1 is 1.04 bits per heavy atom. The van der Waals surface area contributed by atoms with Gasteiger partial charge in [0, 0.05) is 24.6 Å². The van der Waals surface area contributed by atoms with Crippen LogP contribution in [-0.2, 0) is 22.3 Å². The molecule has 0 saturated carbocycles. The van der Waals surface area contributed by atoms with Crippen LogP contribution in [0.4, 0.5) is 23.2 Å². The van der Waals surface area contributed by atoms with Gasteiger partial charge in [0.25, 0.3) is 0 Å². The quantitative estimate of drug-likeness (QED) is 0.666. The van der Waals surface area contributed by atoms with E-state index in [-0.39, 0.29) is 12.2 Å². The summed E-state index contributed by atoms with van der Waals surface area (Å²) in [6.45, 7) is 0.0476. The van der Waals surface area contributed by atoms with E-state index in [2.05, 4.69) is 10.3 Å². The van der Waals surface area contributed by atoms with Gasteiger partial charge in [-0.15, -0.1) is 0 Å². The fourth-order valence-electron chi connectivity index (χ4n) is 1.77. The predicted molar refractivity (Wildman–Crippen MR) is 76.1 cm³/mol. The molecule has 0 bridgehead atoms. The average Bonchev–Trinajstić information content (AvgIpc) is 2.54. The fraction of sp³-hybridized carbons (Fsp3) is 0.133. The molecular formula is C15H11F4N3O2. The van der Waals surface area contributed by atoms with E-state index < -0.39 is 29.4 Å². The van der Waals surface area contributed by atoms with Gasteiger partial charge in [0.15, 0.2) is 0 Å². The van der Waals surface area contributed by atoms with E-state index in [0.29, 0.717) is 17.7 Å². The first kappa shape index (κ1) is 17.4. The Hall–Kier alpha value is -2.97. The number of nitrogens with zero attached hydrogens (tertiary/aromatic N) is 1. The normalized spacial score (nSPS) is 11.0. The molecule has 1 heterocycles. The average molecular weight is 341 g/mol. The molecular weight excluding hydrogens is 330 g/mol. The van der Waals surface area contributed by atoms with Crippen LogP contribution in [0.25, 0.3) is 0 Å². The highest BCUT2D eigenvalue weighted by atomic mass is 19.4. The summed E-state index contributed by atoms with van der Waals surface area (Å²) in [5, 5.41) is 4.29. The van der Waals surface area contributed by atoms with Crippen molar-refractivity contribution in [3.63, 3.8) is 0 Å². The van der Waals surface area contributed by atoms with Crippen molar-refractivity contribution in [1.82, 2.24) is 10.3 Å². The lowest BCUT2D eigenvalue weighted by molar-refractivity contribution is -0.140. The summed E-state index contributed by atoms with van der Waals surface area (Å²) < 4.78 is 50.9. The molecule has 1 aromatic heterocycles. The van der Waals surface area contributed by atoms with E-state index in [0.717, 1.165) is 6.07 Å². The fourth-order valence-corrected chi connectivity index (χ4v) is 1.77. The highest BCUT2D eigenvalue weighted by molar-refractivity contribution is 6.39. The van der Waals surface area contributed by atoms with Crippen molar-refractivity contribution < 1.29 is 27.2 Å². The van der Waals surface area contributed by atoms with Gasteiger partial charge in [-0.25, -0.2) is 4.39 Å². The Morgan fingerprint density at radius 3 is 2.33 bits per heavy atom. The molecule has 0 unspecified atom stereocenters. The first-order valence-electron chi connectivity index (χ1n) is 6.62. The van der Waals surface area contributed by atoms with Gasteiger partial charge in [0.1, 0.15) is 5.82 Å². The summed E-state index contributed by atoms with van der Waals surface area (Å²) in [5.41, 5.74) is -1.18. The molecule has 0 radical (unpaired) electrons. The van der Waals surface area contributed by atoms with E-state index in [1.54, 1.807) is 12.1 Å². The summed E-state index contributed by atoms with van der Waals surface area (Å²) in [6.07, 6.45) is -1.91. The summed E-state index contributed by atoms with van der Waals surface area (Å²) in [7, 11) is 0. The van der Waals surface area contributed by atoms with Gasteiger partial charge in [-0.2, -0.15) is 13.2 Å². The van der Waals surface area contributed by atoms with Gasteiger partial charge in [-0.3, -0.25) is 14.6 Å². The number of alkyl halides is 3. The van der Waals surface area contributed by atoms with E-state index in [4.69, 9.17) is 0 Å². The number of aromatic nitrogens is 1. The second-order valence-corrected chi connectivity index (χ2v) is 4.68. The van der Waals surface area contributed by atoms with Crippen molar-refractivity contribution in [3.05, 3.63) is 59.7 Å². The van der Waals surface area contributed by atoms with Crippen LogP contribution in [0.15, 0.2) is 42.7 Å². The number of rotatable bonds is 3. The van der Waals surface area contributed by atoms with Crippen molar-refractivity contribution in [3.8, 4) is 0 Å². The Morgan fingerprint density at radius 2 is 1.71 bits per heavy atom. The maximum atomic E-state index is 13.2. The maximum Gasteiger partial charge on any atom is 0.419 e. The minimum atomic E-state index is -4.91. The van der Waals surface area contributed by atoms with Crippen molar-refractivity contribution >= 4 is 17.5 Å². The number of hydrogen-bond acceptors (Lipinski definition) is 3. The number of nitrogens with one attached hydrogen (secondary N) is 2. The van der Waals surface area contributed by atoms with Crippen LogP contribution in [0, 0.1) is 5.82 Å². The Bertz CT molecular complexity index is 748. The lowest BCUT2D eigenvalue weighted by Gasteiger charge is -2.11.